The molecular formula is C12H17BrFNO. The van der Waals surface area contributed by atoms with Gasteiger partial charge in [0.05, 0.1) is 6.61 Å². The molecule has 0 aliphatic carbocycles. The summed E-state index contributed by atoms with van der Waals surface area (Å²) in [4.78, 5) is 0. The van der Waals surface area contributed by atoms with Gasteiger partial charge in [0.1, 0.15) is 5.82 Å². The fourth-order valence-corrected chi connectivity index (χ4v) is 1.90. The number of aryl methyl sites for hydroxylation is 1. The average Bonchev–Trinajstić information content (AvgIpc) is 2.26. The fourth-order valence-electron chi connectivity index (χ4n) is 1.57. The fraction of sp³-hybridized carbons (Fsp3) is 0.500. The summed E-state index contributed by atoms with van der Waals surface area (Å²) in [7, 11) is 3.56. The summed E-state index contributed by atoms with van der Waals surface area (Å²) in [5, 5.41) is 3.15. The first-order valence-electron chi connectivity index (χ1n) is 5.27. The Morgan fingerprint density at radius 1 is 1.50 bits per heavy atom. The largest absolute Gasteiger partial charge is 0.383 e. The van der Waals surface area contributed by atoms with Crippen molar-refractivity contribution in [2.24, 2.45) is 0 Å². The van der Waals surface area contributed by atoms with Crippen LogP contribution in [0.25, 0.3) is 0 Å². The van der Waals surface area contributed by atoms with Crippen LogP contribution in [0.5, 0.6) is 0 Å². The molecule has 0 amide bonds. The summed E-state index contributed by atoms with van der Waals surface area (Å²) in [6.07, 6.45) is 1.58. The summed E-state index contributed by atoms with van der Waals surface area (Å²) < 4.78 is 19.4. The summed E-state index contributed by atoms with van der Waals surface area (Å²) in [5.41, 5.74) is 0.750. The molecule has 1 atom stereocenters. The molecule has 0 saturated carbocycles. The maximum Gasteiger partial charge on any atom is 0.127 e. The third-order valence-electron chi connectivity index (χ3n) is 2.55. The van der Waals surface area contributed by atoms with Crippen LogP contribution in [0.3, 0.4) is 0 Å². The lowest BCUT2D eigenvalue weighted by atomic mass is 10.1. The summed E-state index contributed by atoms with van der Waals surface area (Å²) >= 11 is 3.24. The van der Waals surface area contributed by atoms with Crippen LogP contribution in [0, 0.1) is 5.82 Å². The van der Waals surface area contributed by atoms with E-state index in [0.29, 0.717) is 13.0 Å². The number of hydrogen-bond donors (Lipinski definition) is 1. The van der Waals surface area contributed by atoms with Crippen LogP contribution in [0.2, 0.25) is 0 Å². The van der Waals surface area contributed by atoms with Crippen LogP contribution in [-0.4, -0.2) is 26.8 Å². The molecule has 4 heteroatoms. The molecule has 0 aliphatic rings. The van der Waals surface area contributed by atoms with Gasteiger partial charge in [0.25, 0.3) is 0 Å². The molecule has 0 heterocycles. The van der Waals surface area contributed by atoms with Crippen molar-refractivity contribution < 1.29 is 9.13 Å². The Morgan fingerprint density at radius 3 is 2.81 bits per heavy atom. The van der Waals surface area contributed by atoms with Crippen LogP contribution in [-0.2, 0) is 11.2 Å². The lowest BCUT2D eigenvalue weighted by molar-refractivity contribution is 0.166. The molecule has 16 heavy (non-hydrogen) atoms. The second kappa shape index (κ2) is 6.99. The minimum absolute atomic E-state index is 0.151. The highest BCUT2D eigenvalue weighted by Crippen LogP contribution is 2.17. The van der Waals surface area contributed by atoms with E-state index in [0.717, 1.165) is 16.5 Å². The molecule has 1 aromatic rings. The zero-order valence-electron chi connectivity index (χ0n) is 9.59. The van der Waals surface area contributed by atoms with Crippen molar-refractivity contribution >= 4 is 15.9 Å². The summed E-state index contributed by atoms with van der Waals surface area (Å²) in [5.74, 6) is -0.151. The van der Waals surface area contributed by atoms with E-state index in [9.17, 15) is 4.39 Å². The van der Waals surface area contributed by atoms with Gasteiger partial charge in [-0.1, -0.05) is 22.0 Å². The third-order valence-corrected chi connectivity index (χ3v) is 3.05. The Labute approximate surface area is 104 Å². The van der Waals surface area contributed by atoms with E-state index >= 15 is 0 Å². The topological polar surface area (TPSA) is 21.3 Å². The van der Waals surface area contributed by atoms with E-state index in [1.807, 2.05) is 19.2 Å². The quantitative estimate of drug-likeness (QED) is 0.870. The zero-order valence-corrected chi connectivity index (χ0v) is 11.2. The van der Waals surface area contributed by atoms with Gasteiger partial charge in [0, 0.05) is 17.6 Å². The first-order valence-corrected chi connectivity index (χ1v) is 6.06. The Kier molecular flexibility index (Phi) is 5.95. The highest BCUT2D eigenvalue weighted by molar-refractivity contribution is 9.10. The van der Waals surface area contributed by atoms with Gasteiger partial charge in [-0.15, -0.1) is 0 Å². The molecule has 90 valence electrons. The van der Waals surface area contributed by atoms with Crippen molar-refractivity contribution in [1.29, 1.82) is 0 Å². The summed E-state index contributed by atoms with van der Waals surface area (Å²) in [6, 6.07) is 5.45. The summed E-state index contributed by atoms with van der Waals surface area (Å²) in [6.45, 7) is 0.647. The lowest BCUT2D eigenvalue weighted by Crippen LogP contribution is -2.30. The van der Waals surface area contributed by atoms with Gasteiger partial charge in [0.15, 0.2) is 0 Å². The Hall–Kier alpha value is -0.450. The predicted molar refractivity (Wildman–Crippen MR) is 67.1 cm³/mol. The molecule has 1 N–H and O–H groups in total. The van der Waals surface area contributed by atoms with Gasteiger partial charge in [0.2, 0.25) is 0 Å². The van der Waals surface area contributed by atoms with Crippen molar-refractivity contribution in [3.05, 3.63) is 34.1 Å². The zero-order chi connectivity index (χ0) is 12.0. The van der Waals surface area contributed by atoms with Gasteiger partial charge < -0.3 is 10.1 Å². The monoisotopic (exact) mass is 289 g/mol. The highest BCUT2D eigenvalue weighted by Gasteiger charge is 2.08. The number of methoxy groups -OCH3 is 1. The lowest BCUT2D eigenvalue weighted by Gasteiger charge is -2.15. The standard InChI is InChI=1S/C12H17BrFNO/c1-15-11(8-16-2)6-4-9-3-5-10(13)7-12(9)14/h3,5,7,11,15H,4,6,8H2,1-2H3. The maximum atomic E-state index is 13.5. The average molecular weight is 290 g/mol. The van der Waals surface area contributed by atoms with Crippen molar-refractivity contribution in [2.45, 2.75) is 18.9 Å². The smallest absolute Gasteiger partial charge is 0.127 e. The molecule has 1 unspecified atom stereocenters. The first-order chi connectivity index (χ1) is 7.67. The van der Waals surface area contributed by atoms with E-state index < -0.39 is 0 Å². The Morgan fingerprint density at radius 2 is 2.25 bits per heavy atom. The van der Waals surface area contributed by atoms with Gasteiger partial charge >= 0.3 is 0 Å². The van der Waals surface area contributed by atoms with Crippen molar-refractivity contribution in [3.8, 4) is 0 Å². The van der Waals surface area contributed by atoms with Crippen molar-refractivity contribution in [3.63, 3.8) is 0 Å². The van der Waals surface area contributed by atoms with E-state index in [4.69, 9.17) is 4.74 Å². The van der Waals surface area contributed by atoms with E-state index in [1.165, 1.54) is 6.07 Å². The number of benzene rings is 1. The Bertz CT molecular complexity index is 333. The van der Waals surface area contributed by atoms with Gasteiger partial charge in [-0.2, -0.15) is 0 Å². The third kappa shape index (κ3) is 4.20. The van der Waals surface area contributed by atoms with Crippen molar-refractivity contribution in [1.82, 2.24) is 5.32 Å². The van der Waals surface area contributed by atoms with Gasteiger partial charge in [-0.25, -0.2) is 4.39 Å². The molecule has 0 radical (unpaired) electrons. The van der Waals surface area contributed by atoms with E-state index in [-0.39, 0.29) is 11.9 Å². The number of rotatable bonds is 6. The molecule has 0 aromatic heterocycles. The molecule has 1 rings (SSSR count). The molecule has 2 nitrogen and oxygen atoms in total. The first kappa shape index (κ1) is 13.6. The highest BCUT2D eigenvalue weighted by atomic mass is 79.9. The van der Waals surface area contributed by atoms with Crippen LogP contribution in [0.1, 0.15) is 12.0 Å². The molecule has 0 bridgehead atoms. The van der Waals surface area contributed by atoms with E-state index in [2.05, 4.69) is 21.2 Å². The minimum atomic E-state index is -0.151. The molecule has 1 aromatic carbocycles. The maximum absolute atomic E-state index is 13.5. The number of ether oxygens (including phenoxy) is 1. The second-order valence-electron chi connectivity index (χ2n) is 3.72. The van der Waals surface area contributed by atoms with Crippen molar-refractivity contribution in [2.75, 3.05) is 20.8 Å². The normalized spacial score (nSPS) is 12.8. The number of nitrogens with one attached hydrogen (secondary N) is 1. The van der Waals surface area contributed by atoms with Gasteiger partial charge in [-0.3, -0.25) is 0 Å². The molecule has 0 spiro atoms. The van der Waals surface area contributed by atoms with Crippen LogP contribution >= 0.6 is 15.9 Å². The number of likely N-dealkylation sites (N-methyl/N-ethyl adjacent to an activating group) is 1. The van der Waals surface area contributed by atoms with Crippen LogP contribution < -0.4 is 5.32 Å². The molecule has 0 aliphatic heterocycles. The van der Waals surface area contributed by atoms with Crippen LogP contribution in [0.4, 0.5) is 4.39 Å². The molecule has 0 fully saturated rings. The SMILES string of the molecule is CNC(CCc1ccc(Br)cc1F)COC. The predicted octanol–water partition coefficient (Wildman–Crippen LogP) is 2.76. The second-order valence-corrected chi connectivity index (χ2v) is 4.63. The van der Waals surface area contributed by atoms with E-state index in [1.54, 1.807) is 7.11 Å². The molecular weight excluding hydrogens is 273 g/mol. The number of hydrogen-bond acceptors (Lipinski definition) is 2. The number of halogens is 2. The Balaban J connectivity index is 2.53. The minimum Gasteiger partial charge on any atom is -0.383 e. The van der Waals surface area contributed by atoms with Crippen LogP contribution in [0.15, 0.2) is 22.7 Å². The van der Waals surface area contributed by atoms with Gasteiger partial charge in [-0.05, 0) is 37.6 Å². The molecule has 0 saturated heterocycles.